The summed E-state index contributed by atoms with van der Waals surface area (Å²) in [5, 5.41) is 10.4. The van der Waals surface area contributed by atoms with Gasteiger partial charge in [0, 0.05) is 17.6 Å². The van der Waals surface area contributed by atoms with Crippen LogP contribution in [0.25, 0.3) is 10.9 Å². The fraction of sp³-hybridized carbons (Fsp3) is 0.308. The number of nitrogens with zero attached hydrogens (tertiary/aromatic N) is 1. The number of aromatic nitrogens is 1. The Bertz CT molecular complexity index is 610. The van der Waals surface area contributed by atoms with Crippen LogP contribution in [0.3, 0.4) is 0 Å². The Balaban J connectivity index is 2.50. The summed E-state index contributed by atoms with van der Waals surface area (Å²) in [5.74, 6) is 0.0643. The maximum absolute atomic E-state index is 12.0. The van der Waals surface area contributed by atoms with Gasteiger partial charge in [0.15, 0.2) is 0 Å². The monoisotopic (exact) mass is 267 g/mol. The van der Waals surface area contributed by atoms with Crippen molar-refractivity contribution in [2.24, 2.45) is 0 Å². The smallest absolute Gasteiger partial charge is 0.419 e. The van der Waals surface area contributed by atoms with Gasteiger partial charge in [0.2, 0.25) is 0 Å². The van der Waals surface area contributed by atoms with Crippen LogP contribution < -0.4 is 0 Å². The first-order chi connectivity index (χ1) is 8.28. The highest BCUT2D eigenvalue weighted by Crippen LogP contribution is 2.29. The standard InChI is InChI=1S/C13H14ClNO3/c1-13(2,3)18-12(17)15-5-4-8-6-9(16)7-10(14)11(8)15/h4-7,16H,1-3H3. The van der Waals surface area contributed by atoms with E-state index in [4.69, 9.17) is 16.3 Å². The van der Waals surface area contributed by atoms with Crippen LogP contribution in [0.4, 0.5) is 4.79 Å². The van der Waals surface area contributed by atoms with Gasteiger partial charge >= 0.3 is 6.09 Å². The molecule has 0 saturated carbocycles. The maximum atomic E-state index is 12.0. The summed E-state index contributed by atoms with van der Waals surface area (Å²) < 4.78 is 6.61. The lowest BCUT2D eigenvalue weighted by Crippen LogP contribution is -2.26. The molecule has 5 heteroatoms. The minimum absolute atomic E-state index is 0.0643. The Hall–Kier alpha value is -1.68. The number of fused-ring (bicyclic) bond motifs is 1. The van der Waals surface area contributed by atoms with E-state index in [1.807, 2.05) is 0 Å². The SMILES string of the molecule is CC(C)(C)OC(=O)n1ccc2cc(O)cc(Cl)c21. The second-order valence-electron chi connectivity index (χ2n) is 5.03. The topological polar surface area (TPSA) is 51.5 Å². The highest BCUT2D eigenvalue weighted by Gasteiger charge is 2.20. The number of hydrogen-bond donors (Lipinski definition) is 1. The maximum Gasteiger partial charge on any atom is 0.419 e. The normalized spacial score (nSPS) is 11.8. The van der Waals surface area contributed by atoms with Crippen molar-refractivity contribution in [3.05, 3.63) is 29.4 Å². The van der Waals surface area contributed by atoms with Gasteiger partial charge in [0.1, 0.15) is 11.4 Å². The predicted octanol–water partition coefficient (Wildman–Crippen LogP) is 3.78. The molecule has 0 fully saturated rings. The van der Waals surface area contributed by atoms with E-state index in [0.29, 0.717) is 15.9 Å². The molecule has 0 aliphatic heterocycles. The van der Waals surface area contributed by atoms with Gasteiger partial charge in [-0.1, -0.05) is 11.6 Å². The predicted molar refractivity (Wildman–Crippen MR) is 70.2 cm³/mol. The number of carbonyl (C=O) groups excluding carboxylic acids is 1. The molecule has 0 bridgehead atoms. The van der Waals surface area contributed by atoms with Crippen LogP contribution in [-0.2, 0) is 4.74 Å². The zero-order valence-electron chi connectivity index (χ0n) is 10.4. The Morgan fingerprint density at radius 1 is 1.39 bits per heavy atom. The molecule has 0 saturated heterocycles. The summed E-state index contributed by atoms with van der Waals surface area (Å²) >= 11 is 6.04. The third kappa shape index (κ3) is 2.43. The number of halogens is 1. The summed E-state index contributed by atoms with van der Waals surface area (Å²) in [6.45, 7) is 5.39. The molecular formula is C13H14ClNO3. The molecule has 0 atom stereocenters. The lowest BCUT2D eigenvalue weighted by Gasteiger charge is -2.19. The molecule has 0 spiro atoms. The van der Waals surface area contributed by atoms with E-state index in [2.05, 4.69) is 0 Å². The van der Waals surface area contributed by atoms with Gasteiger partial charge in [-0.25, -0.2) is 4.79 Å². The van der Waals surface area contributed by atoms with E-state index in [0.717, 1.165) is 0 Å². The Labute approximate surface area is 110 Å². The van der Waals surface area contributed by atoms with E-state index >= 15 is 0 Å². The first kappa shape index (κ1) is 12.8. The fourth-order valence-corrected chi connectivity index (χ4v) is 1.99. The molecule has 1 aromatic heterocycles. The molecule has 1 heterocycles. The Kier molecular flexibility index (Phi) is 2.99. The fourth-order valence-electron chi connectivity index (χ4n) is 1.68. The summed E-state index contributed by atoms with van der Waals surface area (Å²) in [6.07, 6.45) is 1.08. The number of phenolic OH excluding ortho intramolecular Hbond substituents is 1. The van der Waals surface area contributed by atoms with Gasteiger partial charge in [-0.2, -0.15) is 0 Å². The van der Waals surface area contributed by atoms with Gasteiger partial charge in [0.05, 0.1) is 10.5 Å². The van der Waals surface area contributed by atoms with Gasteiger partial charge in [-0.05, 0) is 32.9 Å². The molecule has 0 amide bonds. The van der Waals surface area contributed by atoms with Crippen molar-refractivity contribution in [3.63, 3.8) is 0 Å². The van der Waals surface area contributed by atoms with Crippen molar-refractivity contribution in [2.75, 3.05) is 0 Å². The minimum atomic E-state index is -0.572. The molecule has 2 aromatic rings. The van der Waals surface area contributed by atoms with Crippen LogP contribution >= 0.6 is 11.6 Å². The van der Waals surface area contributed by atoms with Crippen molar-refractivity contribution in [2.45, 2.75) is 26.4 Å². The number of benzene rings is 1. The Morgan fingerprint density at radius 2 is 2.06 bits per heavy atom. The zero-order valence-corrected chi connectivity index (χ0v) is 11.2. The molecule has 18 heavy (non-hydrogen) atoms. The number of rotatable bonds is 0. The van der Waals surface area contributed by atoms with Gasteiger partial charge in [-0.15, -0.1) is 0 Å². The summed E-state index contributed by atoms with van der Waals surface area (Å²) in [6, 6.07) is 4.64. The second-order valence-corrected chi connectivity index (χ2v) is 5.44. The quantitative estimate of drug-likeness (QED) is 0.790. The third-order valence-corrected chi connectivity index (χ3v) is 2.60. The van der Waals surface area contributed by atoms with Crippen LogP contribution in [0, 0.1) is 0 Å². The number of ether oxygens (including phenoxy) is 1. The molecule has 0 radical (unpaired) electrons. The van der Waals surface area contributed by atoms with Crippen LogP contribution in [-0.4, -0.2) is 21.4 Å². The van der Waals surface area contributed by atoms with Crippen LogP contribution in [0.1, 0.15) is 20.8 Å². The summed E-state index contributed by atoms with van der Waals surface area (Å²) in [4.78, 5) is 12.0. The Morgan fingerprint density at radius 3 is 2.67 bits per heavy atom. The molecule has 96 valence electrons. The van der Waals surface area contributed by atoms with Crippen molar-refractivity contribution in [1.82, 2.24) is 4.57 Å². The molecule has 1 N–H and O–H groups in total. The van der Waals surface area contributed by atoms with E-state index < -0.39 is 11.7 Å². The number of carbonyl (C=O) groups is 1. The van der Waals surface area contributed by atoms with E-state index in [1.54, 1.807) is 39.1 Å². The van der Waals surface area contributed by atoms with Crippen molar-refractivity contribution >= 4 is 28.6 Å². The second kappa shape index (κ2) is 4.21. The summed E-state index contributed by atoms with van der Waals surface area (Å²) in [5.41, 5.74) is -0.0411. The van der Waals surface area contributed by atoms with E-state index in [-0.39, 0.29) is 5.75 Å². The van der Waals surface area contributed by atoms with Gasteiger partial charge in [0.25, 0.3) is 0 Å². The largest absolute Gasteiger partial charge is 0.508 e. The first-order valence-electron chi connectivity index (χ1n) is 5.51. The van der Waals surface area contributed by atoms with E-state index in [1.165, 1.54) is 10.6 Å². The molecule has 0 unspecified atom stereocenters. The van der Waals surface area contributed by atoms with Crippen molar-refractivity contribution < 1.29 is 14.6 Å². The molecular weight excluding hydrogens is 254 g/mol. The molecule has 2 rings (SSSR count). The van der Waals surface area contributed by atoms with E-state index in [9.17, 15) is 9.90 Å². The van der Waals surface area contributed by atoms with Crippen molar-refractivity contribution in [3.8, 4) is 5.75 Å². The first-order valence-corrected chi connectivity index (χ1v) is 5.89. The third-order valence-electron chi connectivity index (χ3n) is 2.31. The highest BCUT2D eigenvalue weighted by atomic mass is 35.5. The van der Waals surface area contributed by atoms with Crippen LogP contribution in [0.15, 0.2) is 24.4 Å². The number of aromatic hydroxyl groups is 1. The molecule has 4 nitrogen and oxygen atoms in total. The summed E-state index contributed by atoms with van der Waals surface area (Å²) in [7, 11) is 0. The molecule has 0 aliphatic carbocycles. The van der Waals surface area contributed by atoms with Crippen molar-refractivity contribution in [1.29, 1.82) is 0 Å². The molecule has 1 aromatic carbocycles. The lowest BCUT2D eigenvalue weighted by atomic mass is 10.2. The van der Waals surface area contributed by atoms with Crippen LogP contribution in [0.5, 0.6) is 5.75 Å². The minimum Gasteiger partial charge on any atom is -0.508 e. The van der Waals surface area contributed by atoms with Gasteiger partial charge < -0.3 is 9.84 Å². The highest BCUT2D eigenvalue weighted by molar-refractivity contribution is 6.35. The van der Waals surface area contributed by atoms with Gasteiger partial charge in [-0.3, -0.25) is 4.57 Å². The lowest BCUT2D eigenvalue weighted by molar-refractivity contribution is 0.0544. The zero-order chi connectivity index (χ0) is 13.5. The average Bonchev–Trinajstić information content (AvgIpc) is 2.58. The average molecular weight is 268 g/mol. The number of hydrogen-bond acceptors (Lipinski definition) is 3. The number of phenols is 1. The van der Waals surface area contributed by atoms with Crippen LogP contribution in [0.2, 0.25) is 5.02 Å². The molecule has 0 aliphatic rings.